The van der Waals surface area contributed by atoms with E-state index >= 15 is 0 Å². The lowest BCUT2D eigenvalue weighted by atomic mass is 9.91. The molecule has 0 saturated heterocycles. The van der Waals surface area contributed by atoms with Crippen molar-refractivity contribution < 1.29 is 4.74 Å². The molecule has 0 aromatic carbocycles. The number of hydrogen-bond donors (Lipinski definition) is 0. The second-order valence-electron chi connectivity index (χ2n) is 4.71. The lowest BCUT2D eigenvalue weighted by Crippen LogP contribution is -2.41. The van der Waals surface area contributed by atoms with Gasteiger partial charge in [0.25, 0.3) is 0 Å². The molecular weight excluding hydrogens is 186 g/mol. The van der Waals surface area contributed by atoms with E-state index in [0.717, 1.165) is 6.04 Å². The highest BCUT2D eigenvalue weighted by atomic mass is 16.5. The van der Waals surface area contributed by atoms with E-state index in [1.165, 1.54) is 51.6 Å². The van der Waals surface area contributed by atoms with Crippen LogP contribution in [0.5, 0.6) is 0 Å². The Morgan fingerprint density at radius 3 is 2.33 bits per heavy atom. The maximum atomic E-state index is 5.50. The van der Waals surface area contributed by atoms with Crippen LogP contribution in [0.2, 0.25) is 0 Å². The summed E-state index contributed by atoms with van der Waals surface area (Å²) in [4.78, 5) is 2.67. The Balaban J connectivity index is 2.42. The molecule has 2 heteroatoms. The van der Waals surface area contributed by atoms with Crippen molar-refractivity contribution >= 4 is 0 Å². The highest BCUT2D eigenvalue weighted by Crippen LogP contribution is 2.25. The number of methoxy groups -OCH3 is 1. The molecular formula is C13H27NO. The summed E-state index contributed by atoms with van der Waals surface area (Å²) in [5, 5.41) is 0. The highest BCUT2D eigenvalue weighted by molar-refractivity contribution is 4.80. The van der Waals surface area contributed by atoms with Crippen molar-refractivity contribution in [2.75, 3.05) is 20.2 Å². The van der Waals surface area contributed by atoms with Gasteiger partial charge in [-0.15, -0.1) is 0 Å². The first-order valence-corrected chi connectivity index (χ1v) is 6.58. The van der Waals surface area contributed by atoms with Gasteiger partial charge in [-0.05, 0) is 51.6 Å². The minimum Gasteiger partial charge on any atom is -0.381 e. The Hall–Kier alpha value is -0.0800. The van der Waals surface area contributed by atoms with E-state index in [4.69, 9.17) is 4.74 Å². The summed E-state index contributed by atoms with van der Waals surface area (Å²) in [7, 11) is 1.86. The normalized spacial score (nSPS) is 27.2. The van der Waals surface area contributed by atoms with E-state index in [1.54, 1.807) is 0 Å². The van der Waals surface area contributed by atoms with E-state index < -0.39 is 0 Å². The van der Waals surface area contributed by atoms with Crippen LogP contribution in [0.25, 0.3) is 0 Å². The topological polar surface area (TPSA) is 12.5 Å². The summed E-state index contributed by atoms with van der Waals surface area (Å²) in [5.41, 5.74) is 0. The maximum Gasteiger partial charge on any atom is 0.0586 e. The molecule has 0 amide bonds. The Labute approximate surface area is 95.0 Å². The van der Waals surface area contributed by atoms with E-state index in [2.05, 4.69) is 18.7 Å². The lowest BCUT2D eigenvalue weighted by molar-refractivity contribution is 0.0278. The molecule has 1 rings (SSSR count). The Kier molecular flexibility index (Phi) is 6.26. The number of ether oxygens (including phenoxy) is 1. The quantitative estimate of drug-likeness (QED) is 0.672. The number of rotatable bonds is 6. The van der Waals surface area contributed by atoms with Gasteiger partial charge in [0, 0.05) is 13.2 Å². The molecule has 0 heterocycles. The lowest BCUT2D eigenvalue weighted by Gasteiger charge is -2.37. The predicted molar refractivity (Wildman–Crippen MR) is 65.2 cm³/mol. The fraction of sp³-hybridized carbons (Fsp3) is 1.00. The molecule has 1 fully saturated rings. The van der Waals surface area contributed by atoms with Crippen LogP contribution in [0.1, 0.15) is 52.4 Å². The first-order valence-electron chi connectivity index (χ1n) is 6.58. The standard InChI is InChI=1S/C13H27NO/c1-4-9-14(10-5-2)12-7-6-8-13(11-12)15-3/h12-13H,4-11H2,1-3H3. The average Bonchev–Trinajstić information content (AvgIpc) is 2.29. The average molecular weight is 213 g/mol. The summed E-state index contributed by atoms with van der Waals surface area (Å²) in [5.74, 6) is 0. The second-order valence-corrected chi connectivity index (χ2v) is 4.71. The van der Waals surface area contributed by atoms with E-state index in [-0.39, 0.29) is 0 Å². The van der Waals surface area contributed by atoms with Crippen molar-refractivity contribution in [3.05, 3.63) is 0 Å². The van der Waals surface area contributed by atoms with Crippen LogP contribution in [0.3, 0.4) is 0 Å². The maximum absolute atomic E-state index is 5.50. The zero-order valence-electron chi connectivity index (χ0n) is 10.7. The third kappa shape index (κ3) is 4.12. The van der Waals surface area contributed by atoms with Crippen molar-refractivity contribution in [1.82, 2.24) is 4.90 Å². The molecule has 2 unspecified atom stereocenters. The van der Waals surface area contributed by atoms with Crippen LogP contribution in [0, 0.1) is 0 Å². The molecule has 0 bridgehead atoms. The van der Waals surface area contributed by atoms with E-state index in [9.17, 15) is 0 Å². The van der Waals surface area contributed by atoms with Gasteiger partial charge in [0.05, 0.1) is 6.10 Å². The first-order chi connectivity index (χ1) is 7.31. The summed E-state index contributed by atoms with van der Waals surface area (Å²) in [6, 6.07) is 0.781. The Bertz CT molecular complexity index is 155. The SMILES string of the molecule is CCCN(CCC)C1CCCC(OC)C1. The molecule has 2 nitrogen and oxygen atoms in total. The van der Waals surface area contributed by atoms with Crippen molar-refractivity contribution in [2.24, 2.45) is 0 Å². The van der Waals surface area contributed by atoms with Gasteiger partial charge in [0.2, 0.25) is 0 Å². The molecule has 0 aromatic rings. The molecule has 2 atom stereocenters. The highest BCUT2D eigenvalue weighted by Gasteiger charge is 2.25. The molecule has 1 aliphatic carbocycles. The molecule has 0 radical (unpaired) electrons. The number of hydrogen-bond acceptors (Lipinski definition) is 2. The molecule has 1 saturated carbocycles. The minimum atomic E-state index is 0.514. The van der Waals surface area contributed by atoms with Gasteiger partial charge in [-0.1, -0.05) is 13.8 Å². The van der Waals surface area contributed by atoms with Crippen molar-refractivity contribution in [3.8, 4) is 0 Å². The Morgan fingerprint density at radius 2 is 1.80 bits per heavy atom. The second kappa shape index (κ2) is 7.24. The summed E-state index contributed by atoms with van der Waals surface area (Å²) < 4.78 is 5.50. The summed E-state index contributed by atoms with van der Waals surface area (Å²) in [6.07, 6.45) is 8.28. The molecule has 0 N–H and O–H groups in total. The van der Waals surface area contributed by atoms with Crippen LogP contribution in [0.4, 0.5) is 0 Å². The van der Waals surface area contributed by atoms with Crippen molar-refractivity contribution in [3.63, 3.8) is 0 Å². The summed E-state index contributed by atoms with van der Waals surface area (Å²) >= 11 is 0. The van der Waals surface area contributed by atoms with Crippen molar-refractivity contribution in [1.29, 1.82) is 0 Å². The zero-order chi connectivity index (χ0) is 11.1. The van der Waals surface area contributed by atoms with Crippen LogP contribution in [-0.4, -0.2) is 37.2 Å². The third-order valence-corrected chi connectivity index (χ3v) is 3.47. The van der Waals surface area contributed by atoms with E-state index in [0.29, 0.717) is 6.10 Å². The molecule has 0 spiro atoms. The Morgan fingerprint density at radius 1 is 1.13 bits per heavy atom. The van der Waals surface area contributed by atoms with Gasteiger partial charge in [-0.25, -0.2) is 0 Å². The molecule has 0 aliphatic heterocycles. The minimum absolute atomic E-state index is 0.514. The molecule has 1 aliphatic rings. The van der Waals surface area contributed by atoms with Crippen molar-refractivity contribution in [2.45, 2.75) is 64.5 Å². The van der Waals surface area contributed by atoms with Gasteiger partial charge in [-0.3, -0.25) is 0 Å². The van der Waals surface area contributed by atoms with Crippen LogP contribution in [0.15, 0.2) is 0 Å². The van der Waals surface area contributed by atoms with Crippen LogP contribution >= 0.6 is 0 Å². The zero-order valence-corrected chi connectivity index (χ0v) is 10.7. The van der Waals surface area contributed by atoms with Crippen LogP contribution in [-0.2, 0) is 4.74 Å². The number of nitrogens with zero attached hydrogens (tertiary/aromatic N) is 1. The molecule has 90 valence electrons. The van der Waals surface area contributed by atoms with Gasteiger partial charge < -0.3 is 9.64 Å². The van der Waals surface area contributed by atoms with Gasteiger partial charge >= 0.3 is 0 Å². The largest absolute Gasteiger partial charge is 0.381 e. The predicted octanol–water partition coefficient (Wildman–Crippen LogP) is 3.07. The molecule has 15 heavy (non-hydrogen) atoms. The smallest absolute Gasteiger partial charge is 0.0586 e. The first kappa shape index (κ1) is 13.0. The van der Waals surface area contributed by atoms with Gasteiger partial charge in [-0.2, -0.15) is 0 Å². The summed E-state index contributed by atoms with van der Waals surface area (Å²) in [6.45, 7) is 7.07. The van der Waals surface area contributed by atoms with E-state index in [1.807, 2.05) is 7.11 Å². The van der Waals surface area contributed by atoms with Gasteiger partial charge in [0.1, 0.15) is 0 Å². The van der Waals surface area contributed by atoms with Crippen LogP contribution < -0.4 is 0 Å². The van der Waals surface area contributed by atoms with Gasteiger partial charge in [0.15, 0.2) is 0 Å². The molecule has 0 aromatic heterocycles. The fourth-order valence-corrected chi connectivity index (χ4v) is 2.72. The monoisotopic (exact) mass is 213 g/mol. The third-order valence-electron chi connectivity index (χ3n) is 3.47. The fourth-order valence-electron chi connectivity index (χ4n) is 2.72.